The van der Waals surface area contributed by atoms with Gasteiger partial charge >= 0.3 is 12.2 Å². The Hall–Kier alpha value is -3.70. The molecule has 178 valence electrons. The summed E-state index contributed by atoms with van der Waals surface area (Å²) < 4.78 is 38.8. The van der Waals surface area contributed by atoms with E-state index in [4.69, 9.17) is 0 Å². The van der Waals surface area contributed by atoms with Crippen molar-refractivity contribution in [3.8, 4) is 0 Å². The van der Waals surface area contributed by atoms with E-state index in [1.165, 1.54) is 11.0 Å². The number of hydrogen-bond donors (Lipinski definition) is 2. The number of ketones is 1. The van der Waals surface area contributed by atoms with Gasteiger partial charge in [-0.15, -0.1) is 0 Å². The molecule has 3 aromatic rings. The summed E-state index contributed by atoms with van der Waals surface area (Å²) in [6.07, 6.45) is -4.49. The number of alkyl halides is 3. The van der Waals surface area contributed by atoms with Gasteiger partial charge in [0.15, 0.2) is 23.1 Å². The molecule has 0 unspecified atom stereocenters. The van der Waals surface area contributed by atoms with Gasteiger partial charge in [0.1, 0.15) is 5.69 Å². The van der Waals surface area contributed by atoms with Crippen molar-refractivity contribution in [1.82, 2.24) is 20.2 Å². The molecule has 0 saturated carbocycles. The number of pyridine rings is 2. The Morgan fingerprint density at radius 1 is 1.24 bits per heavy atom. The smallest absolute Gasteiger partial charge is 0.366 e. The molecule has 0 aliphatic carbocycles. The van der Waals surface area contributed by atoms with Crippen LogP contribution in [0.25, 0.3) is 11.0 Å². The number of nitrogens with zero attached hydrogens (tertiary/aromatic N) is 5. The molecule has 5 rings (SSSR count). The van der Waals surface area contributed by atoms with Crippen molar-refractivity contribution in [3.63, 3.8) is 0 Å². The number of Topliss-reactive ketones (excluding diaryl/α,β-unsaturated/α-hetero) is 1. The minimum Gasteiger partial charge on any atom is -0.366 e. The number of rotatable bonds is 4. The molecule has 2 bridgehead atoms. The van der Waals surface area contributed by atoms with Crippen LogP contribution >= 0.6 is 0 Å². The molecule has 0 aromatic carbocycles. The van der Waals surface area contributed by atoms with Crippen molar-refractivity contribution >= 4 is 40.2 Å². The van der Waals surface area contributed by atoms with Crippen molar-refractivity contribution in [3.05, 3.63) is 35.7 Å². The first-order valence-electron chi connectivity index (χ1n) is 10.9. The van der Waals surface area contributed by atoms with Crippen molar-refractivity contribution in [2.24, 2.45) is 5.92 Å². The number of amides is 2. The molecule has 34 heavy (non-hydrogen) atoms. The van der Waals surface area contributed by atoms with Gasteiger partial charge in [-0.05, 0) is 37.6 Å². The summed E-state index contributed by atoms with van der Waals surface area (Å²) in [5.41, 5.74) is 1.89. The van der Waals surface area contributed by atoms with Gasteiger partial charge in [-0.25, -0.2) is 14.8 Å². The number of aromatic amines is 1. The predicted octanol–water partition coefficient (Wildman–Crippen LogP) is 4.06. The number of nitrogens with one attached hydrogen (secondary N) is 2. The number of urea groups is 1. The zero-order chi connectivity index (χ0) is 24.2. The van der Waals surface area contributed by atoms with E-state index >= 15 is 0 Å². The largest absolute Gasteiger partial charge is 0.391 e. The maximum atomic E-state index is 13.4. The Morgan fingerprint density at radius 3 is 2.79 bits per heavy atom. The van der Waals surface area contributed by atoms with Crippen molar-refractivity contribution in [2.75, 3.05) is 28.2 Å². The zero-order valence-corrected chi connectivity index (χ0v) is 18.5. The summed E-state index contributed by atoms with van der Waals surface area (Å²) in [7, 11) is 0. The Balaban J connectivity index is 1.45. The first-order chi connectivity index (χ1) is 16.1. The maximum absolute atomic E-state index is 13.4. The third-order valence-corrected chi connectivity index (χ3v) is 6.30. The molecular formula is C22H22F3N7O2. The highest BCUT2D eigenvalue weighted by atomic mass is 19.4. The third-order valence-electron chi connectivity index (χ3n) is 6.30. The molecule has 2 aliphatic rings. The van der Waals surface area contributed by atoms with Crippen molar-refractivity contribution < 1.29 is 22.8 Å². The number of halogens is 3. The SMILES string of the molecule is Cc1ccc2c(NC(=O)N3c4nc(C(=O)C[C@H](C)C(F)(F)F)ccc4N4CC[C@H]3C4)n[nH]c2n1. The number of aromatic nitrogens is 4. The van der Waals surface area contributed by atoms with Crippen LogP contribution in [0.3, 0.4) is 0 Å². The quantitative estimate of drug-likeness (QED) is 0.554. The Bertz CT molecular complexity index is 1290. The second-order valence-electron chi connectivity index (χ2n) is 8.72. The van der Waals surface area contributed by atoms with E-state index in [0.29, 0.717) is 42.0 Å². The van der Waals surface area contributed by atoms with Gasteiger partial charge in [-0.1, -0.05) is 6.92 Å². The number of H-pyrrole nitrogens is 1. The van der Waals surface area contributed by atoms with Gasteiger partial charge in [0.2, 0.25) is 0 Å². The molecular weight excluding hydrogens is 451 g/mol. The average molecular weight is 473 g/mol. The van der Waals surface area contributed by atoms with Crippen molar-refractivity contribution in [2.45, 2.75) is 38.9 Å². The van der Waals surface area contributed by atoms with Crippen LogP contribution in [0.2, 0.25) is 0 Å². The molecule has 3 aromatic heterocycles. The molecule has 1 saturated heterocycles. The highest BCUT2D eigenvalue weighted by Gasteiger charge is 2.41. The molecule has 2 N–H and O–H groups in total. The summed E-state index contributed by atoms with van der Waals surface area (Å²) in [4.78, 5) is 38.2. The Kier molecular flexibility index (Phi) is 5.18. The lowest BCUT2D eigenvalue weighted by Crippen LogP contribution is -2.48. The summed E-state index contributed by atoms with van der Waals surface area (Å²) in [6, 6.07) is 6.00. The summed E-state index contributed by atoms with van der Waals surface area (Å²) in [5.74, 6) is -1.95. The van der Waals surface area contributed by atoms with E-state index in [9.17, 15) is 22.8 Å². The minimum absolute atomic E-state index is 0.0972. The van der Waals surface area contributed by atoms with E-state index in [-0.39, 0.29) is 17.6 Å². The van der Waals surface area contributed by atoms with Crippen LogP contribution in [0.15, 0.2) is 24.3 Å². The van der Waals surface area contributed by atoms with E-state index < -0.39 is 30.3 Å². The molecule has 0 radical (unpaired) electrons. The second-order valence-corrected chi connectivity index (χ2v) is 8.72. The van der Waals surface area contributed by atoms with Crippen LogP contribution in [0.1, 0.15) is 35.9 Å². The molecule has 5 heterocycles. The molecule has 9 nitrogen and oxygen atoms in total. The van der Waals surface area contributed by atoms with Gasteiger partial charge in [-0.2, -0.15) is 18.3 Å². The third kappa shape index (κ3) is 3.82. The molecule has 0 spiro atoms. The van der Waals surface area contributed by atoms with Crippen LogP contribution in [0.4, 0.5) is 35.3 Å². The zero-order valence-electron chi connectivity index (χ0n) is 18.5. The lowest BCUT2D eigenvalue weighted by Gasteiger charge is -2.35. The van der Waals surface area contributed by atoms with Gasteiger partial charge in [-0.3, -0.25) is 20.1 Å². The lowest BCUT2D eigenvalue weighted by atomic mass is 10.0. The summed E-state index contributed by atoms with van der Waals surface area (Å²) in [5, 5.41) is 10.4. The minimum atomic E-state index is -4.47. The molecule has 2 amide bonds. The second kappa shape index (κ2) is 7.96. The first kappa shape index (κ1) is 22.1. The number of aryl methyl sites for hydroxylation is 1. The highest BCUT2D eigenvalue weighted by Crippen LogP contribution is 2.39. The normalized spacial score (nSPS) is 18.2. The van der Waals surface area contributed by atoms with Crippen LogP contribution in [-0.2, 0) is 0 Å². The number of carbonyl (C=O) groups excluding carboxylic acids is 2. The van der Waals surface area contributed by atoms with E-state index in [1.807, 2.05) is 6.92 Å². The van der Waals surface area contributed by atoms with Crippen LogP contribution in [0.5, 0.6) is 0 Å². The van der Waals surface area contributed by atoms with Crippen LogP contribution < -0.4 is 15.1 Å². The standard InChI is InChI=1S/C22H22F3N7O2/c1-11(22(23,24)25)9-17(33)15-5-6-16-20(27-15)32(13-7-8-31(16)10-13)21(34)28-19-14-4-3-12(2)26-18(14)29-30-19/h3-6,11,13H,7-10H2,1-2H3,(H2,26,28,29,30,34)/t11-,13-/m0/s1. The number of fused-ring (bicyclic) bond motifs is 5. The van der Waals surface area contributed by atoms with Gasteiger partial charge < -0.3 is 4.90 Å². The van der Waals surface area contributed by atoms with E-state index in [2.05, 4.69) is 30.4 Å². The highest BCUT2D eigenvalue weighted by molar-refractivity contribution is 6.08. The maximum Gasteiger partial charge on any atom is 0.391 e. The fraction of sp³-hybridized carbons (Fsp3) is 0.409. The fourth-order valence-corrected chi connectivity index (χ4v) is 4.38. The van der Waals surface area contributed by atoms with Gasteiger partial charge in [0.05, 0.1) is 23.0 Å². The topological polar surface area (TPSA) is 107 Å². The van der Waals surface area contributed by atoms with E-state index in [1.54, 1.807) is 18.2 Å². The summed E-state index contributed by atoms with van der Waals surface area (Å²) in [6.45, 7) is 4.11. The number of carbonyl (C=O) groups is 2. The predicted molar refractivity (Wildman–Crippen MR) is 119 cm³/mol. The van der Waals surface area contributed by atoms with Crippen LogP contribution in [-0.4, -0.2) is 57.3 Å². The first-order valence-corrected chi connectivity index (χ1v) is 10.9. The van der Waals surface area contributed by atoms with E-state index in [0.717, 1.165) is 12.6 Å². The number of hydrogen-bond acceptors (Lipinski definition) is 6. The Morgan fingerprint density at radius 2 is 2.03 bits per heavy atom. The van der Waals surface area contributed by atoms with Gasteiger partial charge in [0, 0.05) is 25.2 Å². The van der Waals surface area contributed by atoms with Crippen LogP contribution in [0, 0.1) is 12.8 Å². The average Bonchev–Trinajstić information content (AvgIpc) is 3.37. The lowest BCUT2D eigenvalue weighted by molar-refractivity contribution is -0.168. The fourth-order valence-electron chi connectivity index (χ4n) is 4.38. The van der Waals surface area contributed by atoms with Crippen molar-refractivity contribution in [1.29, 1.82) is 0 Å². The van der Waals surface area contributed by atoms with Gasteiger partial charge in [0.25, 0.3) is 0 Å². The number of anilines is 3. The monoisotopic (exact) mass is 473 g/mol. The molecule has 2 aliphatic heterocycles. The summed E-state index contributed by atoms with van der Waals surface area (Å²) >= 11 is 0. The Labute approximate surface area is 192 Å². The molecule has 12 heteroatoms. The molecule has 2 atom stereocenters. The molecule has 1 fully saturated rings.